The quantitative estimate of drug-likeness (QED) is 0.620. The van der Waals surface area contributed by atoms with Gasteiger partial charge in [-0.05, 0) is 44.4 Å². The van der Waals surface area contributed by atoms with Crippen LogP contribution in [0.2, 0.25) is 0 Å². The highest BCUT2D eigenvalue weighted by atomic mass is 19.1. The third-order valence-electron chi connectivity index (χ3n) is 5.74. The Balaban J connectivity index is 1.71. The van der Waals surface area contributed by atoms with Crippen LogP contribution in [-0.2, 0) is 11.2 Å². The molecule has 1 fully saturated rings. The monoisotopic (exact) mass is 423 g/mol. The highest BCUT2D eigenvalue weighted by molar-refractivity contribution is 5.80. The fraction of sp³-hybridized carbons (Fsp3) is 0.391. The fourth-order valence-electron chi connectivity index (χ4n) is 3.97. The molecule has 0 unspecified atom stereocenters. The molecule has 0 N–H and O–H groups in total. The summed E-state index contributed by atoms with van der Waals surface area (Å²) in [5.41, 5.74) is 3.90. The SMILES string of the molecule is Cc1noc(-c2cnc(N(C)C)nc2[C@@H]2CCCN2C(=O)Cc2cccc(F)c2)c1C. The second kappa shape index (κ2) is 8.45. The lowest BCUT2D eigenvalue weighted by molar-refractivity contribution is -0.131. The third kappa shape index (κ3) is 4.15. The van der Waals surface area contributed by atoms with Crippen LogP contribution in [0.25, 0.3) is 11.3 Å². The zero-order valence-electron chi connectivity index (χ0n) is 18.2. The molecule has 31 heavy (non-hydrogen) atoms. The summed E-state index contributed by atoms with van der Waals surface area (Å²) in [7, 11) is 3.76. The van der Waals surface area contributed by atoms with Gasteiger partial charge in [-0.15, -0.1) is 0 Å². The summed E-state index contributed by atoms with van der Waals surface area (Å²) in [6, 6.07) is 5.98. The van der Waals surface area contributed by atoms with E-state index in [0.717, 1.165) is 35.4 Å². The largest absolute Gasteiger partial charge is 0.356 e. The molecule has 1 aliphatic rings. The first-order chi connectivity index (χ1) is 14.8. The van der Waals surface area contributed by atoms with Gasteiger partial charge in [0, 0.05) is 32.4 Å². The number of halogens is 1. The molecular formula is C23H26FN5O2. The molecule has 1 aliphatic heterocycles. The smallest absolute Gasteiger partial charge is 0.227 e. The van der Waals surface area contributed by atoms with Gasteiger partial charge in [0.25, 0.3) is 0 Å². The van der Waals surface area contributed by atoms with Crippen LogP contribution in [0.4, 0.5) is 10.3 Å². The summed E-state index contributed by atoms with van der Waals surface area (Å²) in [6.45, 7) is 4.47. The Morgan fingerprint density at radius 2 is 2.13 bits per heavy atom. The second-order valence-electron chi connectivity index (χ2n) is 8.14. The van der Waals surface area contributed by atoms with E-state index in [0.29, 0.717) is 23.8 Å². The molecule has 8 heteroatoms. The van der Waals surface area contributed by atoms with E-state index in [9.17, 15) is 9.18 Å². The number of aromatic nitrogens is 3. The van der Waals surface area contributed by atoms with Gasteiger partial charge >= 0.3 is 0 Å². The van der Waals surface area contributed by atoms with Crippen molar-refractivity contribution in [2.24, 2.45) is 0 Å². The Labute approximate surface area is 180 Å². The average molecular weight is 423 g/mol. The normalized spacial score (nSPS) is 16.0. The van der Waals surface area contributed by atoms with E-state index < -0.39 is 0 Å². The van der Waals surface area contributed by atoms with Crippen molar-refractivity contribution in [3.05, 3.63) is 58.8 Å². The van der Waals surface area contributed by atoms with E-state index >= 15 is 0 Å². The average Bonchev–Trinajstić information content (AvgIpc) is 3.35. The van der Waals surface area contributed by atoms with Crippen LogP contribution >= 0.6 is 0 Å². The lowest BCUT2D eigenvalue weighted by Crippen LogP contribution is -2.33. The first-order valence-corrected chi connectivity index (χ1v) is 10.4. The van der Waals surface area contributed by atoms with E-state index in [1.54, 1.807) is 18.3 Å². The molecule has 0 saturated carbocycles. The number of likely N-dealkylation sites (tertiary alicyclic amines) is 1. The fourth-order valence-corrected chi connectivity index (χ4v) is 3.97. The van der Waals surface area contributed by atoms with Gasteiger partial charge in [-0.1, -0.05) is 17.3 Å². The molecule has 0 bridgehead atoms. The maximum atomic E-state index is 13.6. The highest BCUT2D eigenvalue weighted by Crippen LogP contribution is 2.38. The predicted octanol–water partition coefficient (Wildman–Crippen LogP) is 3.86. The van der Waals surface area contributed by atoms with E-state index in [2.05, 4.69) is 10.1 Å². The maximum Gasteiger partial charge on any atom is 0.227 e. The highest BCUT2D eigenvalue weighted by Gasteiger charge is 2.34. The van der Waals surface area contributed by atoms with Crippen molar-refractivity contribution in [3.8, 4) is 11.3 Å². The molecule has 0 aliphatic carbocycles. The molecule has 1 aromatic carbocycles. The molecule has 4 rings (SSSR count). The standard InChI is InChI=1S/C23H26FN5O2/c1-14-15(2)27-31-22(14)18-13-25-23(28(3)4)26-21(18)19-9-6-10-29(19)20(30)12-16-7-5-8-17(24)11-16/h5,7-8,11,13,19H,6,9-10,12H2,1-4H3/t19-/m0/s1. The van der Waals surface area contributed by atoms with Crippen molar-refractivity contribution < 1.29 is 13.7 Å². The van der Waals surface area contributed by atoms with Gasteiger partial charge in [-0.3, -0.25) is 4.79 Å². The van der Waals surface area contributed by atoms with Crippen molar-refractivity contribution in [1.29, 1.82) is 0 Å². The minimum atomic E-state index is -0.340. The summed E-state index contributed by atoms with van der Waals surface area (Å²) in [6.07, 6.45) is 3.56. The van der Waals surface area contributed by atoms with Crippen molar-refractivity contribution in [2.75, 3.05) is 25.5 Å². The number of rotatable bonds is 5. The van der Waals surface area contributed by atoms with Gasteiger partial charge in [0.2, 0.25) is 11.9 Å². The molecule has 1 saturated heterocycles. The van der Waals surface area contributed by atoms with Crippen LogP contribution in [0.15, 0.2) is 35.0 Å². The molecule has 0 spiro atoms. The minimum Gasteiger partial charge on any atom is -0.356 e. The zero-order chi connectivity index (χ0) is 22.1. The number of nitrogens with zero attached hydrogens (tertiary/aromatic N) is 5. The molecule has 3 aromatic rings. The number of amides is 1. The second-order valence-corrected chi connectivity index (χ2v) is 8.14. The Bertz CT molecular complexity index is 1110. The van der Waals surface area contributed by atoms with Gasteiger partial charge in [0.1, 0.15) is 5.82 Å². The molecule has 1 atom stereocenters. The van der Waals surface area contributed by atoms with Gasteiger partial charge in [-0.25, -0.2) is 14.4 Å². The Morgan fingerprint density at radius 1 is 1.32 bits per heavy atom. The molecule has 1 amide bonds. The number of benzene rings is 1. The summed E-state index contributed by atoms with van der Waals surface area (Å²) in [4.78, 5) is 26.1. The minimum absolute atomic E-state index is 0.0467. The summed E-state index contributed by atoms with van der Waals surface area (Å²) >= 11 is 0. The molecule has 7 nitrogen and oxygen atoms in total. The molecule has 0 radical (unpaired) electrons. The van der Waals surface area contributed by atoms with Crippen molar-refractivity contribution in [2.45, 2.75) is 39.2 Å². The number of carbonyl (C=O) groups excluding carboxylic acids is 1. The zero-order valence-corrected chi connectivity index (χ0v) is 18.2. The van der Waals surface area contributed by atoms with E-state index in [-0.39, 0.29) is 24.2 Å². The van der Waals surface area contributed by atoms with Crippen molar-refractivity contribution >= 4 is 11.9 Å². The topological polar surface area (TPSA) is 75.4 Å². The van der Waals surface area contributed by atoms with Gasteiger partial charge in [-0.2, -0.15) is 0 Å². The Morgan fingerprint density at radius 3 is 2.81 bits per heavy atom. The first kappa shape index (κ1) is 21.0. The molecule has 3 heterocycles. The van der Waals surface area contributed by atoms with E-state index in [1.807, 2.05) is 37.7 Å². The van der Waals surface area contributed by atoms with Gasteiger partial charge < -0.3 is 14.3 Å². The number of anilines is 1. The summed E-state index contributed by atoms with van der Waals surface area (Å²) in [5.74, 6) is 0.807. The van der Waals surface area contributed by atoms with Crippen LogP contribution in [0.1, 0.15) is 41.4 Å². The van der Waals surface area contributed by atoms with Crippen molar-refractivity contribution in [3.63, 3.8) is 0 Å². The summed E-state index contributed by atoms with van der Waals surface area (Å²) in [5, 5.41) is 4.08. The van der Waals surface area contributed by atoms with E-state index in [4.69, 9.17) is 9.51 Å². The molecule has 2 aromatic heterocycles. The number of aryl methyl sites for hydroxylation is 1. The molecule has 162 valence electrons. The number of hydrogen-bond acceptors (Lipinski definition) is 6. The Hall–Kier alpha value is -3.29. The maximum absolute atomic E-state index is 13.6. The van der Waals surface area contributed by atoms with Crippen LogP contribution < -0.4 is 4.90 Å². The van der Waals surface area contributed by atoms with Crippen LogP contribution in [0.5, 0.6) is 0 Å². The van der Waals surface area contributed by atoms with Gasteiger partial charge in [0.15, 0.2) is 5.76 Å². The van der Waals surface area contributed by atoms with Crippen molar-refractivity contribution in [1.82, 2.24) is 20.0 Å². The third-order valence-corrected chi connectivity index (χ3v) is 5.74. The van der Waals surface area contributed by atoms with Crippen LogP contribution in [0.3, 0.4) is 0 Å². The lowest BCUT2D eigenvalue weighted by atomic mass is 10.0. The Kier molecular flexibility index (Phi) is 5.71. The number of hydrogen-bond donors (Lipinski definition) is 0. The van der Waals surface area contributed by atoms with E-state index in [1.165, 1.54) is 12.1 Å². The van der Waals surface area contributed by atoms with Crippen LogP contribution in [0, 0.1) is 19.7 Å². The van der Waals surface area contributed by atoms with Gasteiger partial charge in [0.05, 0.1) is 29.4 Å². The molecular weight excluding hydrogens is 397 g/mol. The number of carbonyl (C=O) groups is 1. The lowest BCUT2D eigenvalue weighted by Gasteiger charge is -2.26. The summed E-state index contributed by atoms with van der Waals surface area (Å²) < 4.78 is 19.2. The van der Waals surface area contributed by atoms with Crippen LogP contribution in [-0.4, -0.2) is 46.6 Å². The first-order valence-electron chi connectivity index (χ1n) is 10.4. The predicted molar refractivity (Wildman–Crippen MR) is 115 cm³/mol.